The van der Waals surface area contributed by atoms with Crippen molar-refractivity contribution in [3.63, 3.8) is 0 Å². The van der Waals surface area contributed by atoms with E-state index in [1.54, 1.807) is 33.8 Å². The Balaban J connectivity index is 2.31. The van der Waals surface area contributed by atoms with Gasteiger partial charge in [0.25, 0.3) is 0 Å². The van der Waals surface area contributed by atoms with Gasteiger partial charge in [-0.2, -0.15) is 0 Å². The molecule has 0 saturated carbocycles. The molecule has 0 fully saturated rings. The predicted octanol–water partition coefficient (Wildman–Crippen LogP) is 2.16. The third-order valence-corrected chi connectivity index (χ3v) is 6.14. The van der Waals surface area contributed by atoms with Crippen molar-refractivity contribution < 1.29 is 12.9 Å². The maximum atomic E-state index is 12.5. The normalized spacial score (nSPS) is 13.6. The number of nitrogens with one attached hydrogen (secondary N) is 1. The summed E-state index contributed by atoms with van der Waals surface area (Å²) >= 11 is 1.40. The van der Waals surface area contributed by atoms with Crippen LogP contribution in [0.2, 0.25) is 0 Å². The Morgan fingerprint density at radius 1 is 1.43 bits per heavy atom. The Bertz CT molecular complexity index is 727. The fourth-order valence-electron chi connectivity index (χ4n) is 2.36. The van der Waals surface area contributed by atoms with Gasteiger partial charge < -0.3 is 10.3 Å². The van der Waals surface area contributed by atoms with E-state index in [0.29, 0.717) is 18.0 Å². The Labute approximate surface area is 128 Å². The summed E-state index contributed by atoms with van der Waals surface area (Å²) in [6.07, 6.45) is 0. The number of aromatic nitrogens is 1. The Morgan fingerprint density at radius 2 is 2.10 bits per heavy atom. The highest BCUT2D eigenvalue weighted by Crippen LogP contribution is 2.28. The summed E-state index contributed by atoms with van der Waals surface area (Å²) in [6, 6.07) is 1.21. The molecule has 0 aliphatic carbocycles. The van der Waals surface area contributed by atoms with Crippen molar-refractivity contribution >= 4 is 21.4 Å². The van der Waals surface area contributed by atoms with Gasteiger partial charge in [-0.15, -0.1) is 11.3 Å². The lowest BCUT2D eigenvalue weighted by Crippen LogP contribution is -2.27. The second-order valence-corrected chi connectivity index (χ2v) is 7.94. The summed E-state index contributed by atoms with van der Waals surface area (Å²) in [5, 5.41) is 3.85. The number of aryl methyl sites for hydroxylation is 3. The van der Waals surface area contributed by atoms with Crippen molar-refractivity contribution in [3.05, 3.63) is 32.8 Å². The van der Waals surface area contributed by atoms with E-state index < -0.39 is 16.1 Å². The first-order chi connectivity index (χ1) is 9.76. The fraction of sp³-hybridized carbons (Fsp3) is 0.462. The molecule has 1 unspecified atom stereocenters. The smallest absolute Gasteiger partial charge is 0.242 e. The molecule has 0 bridgehead atoms. The van der Waals surface area contributed by atoms with E-state index in [1.165, 1.54) is 11.3 Å². The molecule has 0 aliphatic rings. The van der Waals surface area contributed by atoms with E-state index in [1.807, 2.05) is 0 Å². The summed E-state index contributed by atoms with van der Waals surface area (Å²) < 4.78 is 32.8. The third-order valence-electron chi connectivity index (χ3n) is 3.27. The number of hydrogen-bond acceptors (Lipinski definition) is 6. The van der Waals surface area contributed by atoms with Crippen LogP contribution in [0.15, 0.2) is 15.5 Å². The van der Waals surface area contributed by atoms with Gasteiger partial charge in [0.15, 0.2) is 0 Å². The summed E-state index contributed by atoms with van der Waals surface area (Å²) in [5.74, 6) is 0.618. The van der Waals surface area contributed by atoms with E-state index in [2.05, 4.69) is 9.88 Å². The topological polar surface area (TPSA) is 98.2 Å². The molecule has 0 amide bonds. The number of nitrogens with two attached hydrogens (primary N) is 1. The Morgan fingerprint density at radius 3 is 2.57 bits per heavy atom. The zero-order chi connectivity index (χ0) is 15.8. The Kier molecular flexibility index (Phi) is 4.52. The molecule has 8 heteroatoms. The van der Waals surface area contributed by atoms with Crippen molar-refractivity contribution in [2.45, 2.75) is 45.2 Å². The molecular weight excluding hydrogens is 310 g/mol. The van der Waals surface area contributed by atoms with Crippen LogP contribution in [0.3, 0.4) is 0 Å². The van der Waals surface area contributed by atoms with Crippen molar-refractivity contribution in [1.29, 1.82) is 0 Å². The summed E-state index contributed by atoms with van der Waals surface area (Å²) in [4.78, 5) is 1.86. The van der Waals surface area contributed by atoms with Gasteiger partial charge in [-0.25, -0.2) is 13.1 Å². The van der Waals surface area contributed by atoms with Crippen LogP contribution < -0.4 is 10.5 Å². The molecule has 0 spiro atoms. The van der Waals surface area contributed by atoms with Gasteiger partial charge in [-0.1, -0.05) is 5.16 Å². The van der Waals surface area contributed by atoms with Crippen molar-refractivity contribution in [1.82, 2.24) is 9.88 Å². The molecule has 1 atom stereocenters. The van der Waals surface area contributed by atoms with E-state index in [4.69, 9.17) is 10.3 Å². The molecule has 0 radical (unpaired) electrons. The van der Waals surface area contributed by atoms with Gasteiger partial charge in [-0.3, -0.25) is 0 Å². The summed E-state index contributed by atoms with van der Waals surface area (Å²) in [6.45, 7) is 7.44. The molecule has 116 valence electrons. The first-order valence-corrected chi connectivity index (χ1v) is 8.80. The monoisotopic (exact) mass is 329 g/mol. The molecule has 21 heavy (non-hydrogen) atoms. The van der Waals surface area contributed by atoms with Crippen LogP contribution in [0, 0.1) is 20.8 Å². The fourth-order valence-corrected chi connectivity index (χ4v) is 5.08. The van der Waals surface area contributed by atoms with Gasteiger partial charge in [0.2, 0.25) is 10.0 Å². The van der Waals surface area contributed by atoms with Crippen molar-refractivity contribution in [2.75, 3.05) is 0 Å². The minimum Gasteiger partial charge on any atom is -0.361 e. The first-order valence-electron chi connectivity index (χ1n) is 6.50. The largest absolute Gasteiger partial charge is 0.361 e. The van der Waals surface area contributed by atoms with Crippen LogP contribution in [0.5, 0.6) is 0 Å². The molecule has 6 nitrogen and oxygen atoms in total. The zero-order valence-corrected chi connectivity index (χ0v) is 14.1. The number of nitrogens with zero attached hydrogens (tertiary/aromatic N) is 1. The van der Waals surface area contributed by atoms with E-state index >= 15 is 0 Å². The second-order valence-electron chi connectivity index (χ2n) is 4.92. The van der Waals surface area contributed by atoms with E-state index in [-0.39, 0.29) is 4.90 Å². The second kappa shape index (κ2) is 5.88. The summed E-state index contributed by atoms with van der Waals surface area (Å²) in [7, 11) is -3.60. The average molecular weight is 329 g/mol. The number of rotatable bonds is 5. The molecular formula is C13H19N3O3S2. The molecule has 3 N–H and O–H groups in total. The third kappa shape index (κ3) is 3.18. The minimum atomic E-state index is -3.60. The van der Waals surface area contributed by atoms with Gasteiger partial charge in [0.05, 0.1) is 10.6 Å². The van der Waals surface area contributed by atoms with Crippen LogP contribution >= 0.6 is 11.3 Å². The number of thiophene rings is 1. The SMILES string of the molecule is Cc1noc(C)c1C(C)NS(=O)(=O)c1cc(CN)sc1C. The molecule has 0 aromatic carbocycles. The predicted molar refractivity (Wildman–Crippen MR) is 81.7 cm³/mol. The van der Waals surface area contributed by atoms with Crippen LogP contribution in [0.25, 0.3) is 0 Å². The van der Waals surface area contributed by atoms with E-state index in [0.717, 1.165) is 15.3 Å². The standard InChI is InChI=1S/C13H19N3O3S2/c1-7-13(9(3)19-15-7)8(2)16-21(17,18)12-5-11(6-14)20-10(12)4/h5,8,16H,6,14H2,1-4H3. The van der Waals surface area contributed by atoms with Crippen LogP contribution in [-0.2, 0) is 16.6 Å². The number of hydrogen-bond donors (Lipinski definition) is 2. The van der Waals surface area contributed by atoms with Gasteiger partial charge in [-0.05, 0) is 33.8 Å². The average Bonchev–Trinajstić information content (AvgIpc) is 2.92. The number of sulfonamides is 1. The van der Waals surface area contributed by atoms with Crippen LogP contribution in [0.1, 0.15) is 39.7 Å². The Hall–Kier alpha value is -1.22. The van der Waals surface area contributed by atoms with Gasteiger partial charge in [0.1, 0.15) is 5.76 Å². The highest BCUT2D eigenvalue weighted by Gasteiger charge is 2.25. The molecule has 0 saturated heterocycles. The minimum absolute atomic E-state index is 0.284. The lowest BCUT2D eigenvalue weighted by atomic mass is 10.1. The van der Waals surface area contributed by atoms with Crippen LogP contribution in [-0.4, -0.2) is 13.6 Å². The first kappa shape index (κ1) is 16.2. The maximum Gasteiger partial charge on any atom is 0.242 e. The summed E-state index contributed by atoms with van der Waals surface area (Å²) in [5.41, 5.74) is 7.02. The zero-order valence-electron chi connectivity index (χ0n) is 12.4. The highest BCUT2D eigenvalue weighted by molar-refractivity contribution is 7.89. The van der Waals surface area contributed by atoms with Gasteiger partial charge >= 0.3 is 0 Å². The van der Waals surface area contributed by atoms with Crippen molar-refractivity contribution in [2.24, 2.45) is 5.73 Å². The molecule has 0 aliphatic heterocycles. The lowest BCUT2D eigenvalue weighted by Gasteiger charge is -2.14. The van der Waals surface area contributed by atoms with E-state index in [9.17, 15) is 8.42 Å². The highest BCUT2D eigenvalue weighted by atomic mass is 32.2. The molecule has 2 aromatic heterocycles. The lowest BCUT2D eigenvalue weighted by molar-refractivity contribution is 0.391. The van der Waals surface area contributed by atoms with Crippen LogP contribution in [0.4, 0.5) is 0 Å². The quantitative estimate of drug-likeness (QED) is 0.876. The molecule has 2 aromatic rings. The maximum absolute atomic E-state index is 12.5. The van der Waals surface area contributed by atoms with Gasteiger partial charge in [0, 0.05) is 27.9 Å². The van der Waals surface area contributed by atoms with Crippen molar-refractivity contribution in [3.8, 4) is 0 Å². The molecule has 2 heterocycles. The molecule has 2 rings (SSSR count).